The van der Waals surface area contributed by atoms with Crippen LogP contribution in [0, 0.1) is 16.7 Å². The highest BCUT2D eigenvalue weighted by atomic mass is 35.5. The summed E-state index contributed by atoms with van der Waals surface area (Å²) in [4.78, 5) is 12.8. The van der Waals surface area contributed by atoms with E-state index in [4.69, 9.17) is 11.6 Å². The van der Waals surface area contributed by atoms with E-state index in [2.05, 4.69) is 16.1 Å². The number of hydrogen-bond acceptors (Lipinski definition) is 4. The van der Waals surface area contributed by atoms with E-state index < -0.39 is 10.0 Å². The van der Waals surface area contributed by atoms with Crippen LogP contribution in [0.15, 0.2) is 18.2 Å². The molecule has 0 unspecified atom stereocenters. The first kappa shape index (κ1) is 18.0. The van der Waals surface area contributed by atoms with Gasteiger partial charge < -0.3 is 5.32 Å². The summed E-state index contributed by atoms with van der Waals surface area (Å²) in [5, 5.41) is 12.8. The van der Waals surface area contributed by atoms with Gasteiger partial charge in [-0.3, -0.25) is 9.52 Å². The Morgan fingerprint density at radius 1 is 1.20 bits per heavy atom. The third kappa shape index (κ3) is 3.75. The number of carbonyl (C=O) groups is 1. The lowest BCUT2D eigenvalue weighted by atomic mass is 9.58. The van der Waals surface area contributed by atoms with Crippen molar-refractivity contribution < 1.29 is 13.2 Å². The molecule has 2 bridgehead atoms. The average molecular weight is 382 g/mol. The molecule has 3 aliphatic carbocycles. The van der Waals surface area contributed by atoms with Gasteiger partial charge in [-0.1, -0.05) is 11.6 Å². The van der Waals surface area contributed by atoms with Gasteiger partial charge in [0.15, 0.2) is 0 Å². The van der Waals surface area contributed by atoms with Crippen LogP contribution in [0.1, 0.15) is 48.9 Å². The second-order valence-electron chi connectivity index (χ2n) is 7.19. The molecule has 3 saturated carbocycles. The molecular formula is C17H20ClN3O3S. The Bertz CT molecular complexity index is 836. The minimum Gasteiger partial charge on any atom is -0.347 e. The maximum absolute atomic E-state index is 12.8. The van der Waals surface area contributed by atoms with Gasteiger partial charge >= 0.3 is 0 Å². The predicted octanol–water partition coefficient (Wildman–Crippen LogP) is 3.06. The minimum absolute atomic E-state index is 0.168. The van der Waals surface area contributed by atoms with Crippen molar-refractivity contribution in [1.29, 1.82) is 5.26 Å². The van der Waals surface area contributed by atoms with Crippen LogP contribution in [0.5, 0.6) is 0 Å². The van der Waals surface area contributed by atoms with Crippen LogP contribution in [0.3, 0.4) is 0 Å². The molecule has 1 aromatic carbocycles. The molecule has 134 valence electrons. The van der Waals surface area contributed by atoms with Gasteiger partial charge in [0.25, 0.3) is 5.91 Å². The summed E-state index contributed by atoms with van der Waals surface area (Å²) in [5.74, 6) is -0.325. The van der Waals surface area contributed by atoms with Crippen LogP contribution < -0.4 is 10.0 Å². The fourth-order valence-electron chi connectivity index (χ4n) is 3.85. The fraction of sp³-hybridized carbons (Fsp3) is 0.529. The highest BCUT2D eigenvalue weighted by Gasteiger charge is 2.49. The van der Waals surface area contributed by atoms with Gasteiger partial charge in [-0.25, -0.2) is 8.42 Å². The number of hydrogen-bond donors (Lipinski definition) is 2. The Balaban J connectivity index is 1.82. The number of anilines is 1. The van der Waals surface area contributed by atoms with Crippen molar-refractivity contribution in [2.24, 2.45) is 5.41 Å². The molecule has 0 heterocycles. The van der Waals surface area contributed by atoms with Gasteiger partial charge in [0.2, 0.25) is 10.0 Å². The van der Waals surface area contributed by atoms with Crippen LogP contribution in [0.2, 0.25) is 5.02 Å². The standard InChI is InChI=1S/C17H20ClN3O3S/c1-25(23,24)21-14-10-12(18)2-3-13(14)15(22)20-17-7-4-16(11-19,5-8-17)6-9-17/h2-3,10,21H,4-9H2,1H3,(H,20,22). The van der Waals surface area contributed by atoms with E-state index in [1.54, 1.807) is 6.07 Å². The number of nitrogens with zero attached hydrogens (tertiary/aromatic N) is 1. The van der Waals surface area contributed by atoms with Crippen molar-refractivity contribution in [2.45, 2.75) is 44.1 Å². The number of benzene rings is 1. The number of nitriles is 1. The Kier molecular flexibility index (Phi) is 4.46. The van der Waals surface area contributed by atoms with E-state index in [9.17, 15) is 18.5 Å². The van der Waals surface area contributed by atoms with Crippen LogP contribution in [-0.4, -0.2) is 26.1 Å². The second-order valence-corrected chi connectivity index (χ2v) is 9.38. The van der Waals surface area contributed by atoms with Crippen molar-refractivity contribution in [2.75, 3.05) is 11.0 Å². The first-order valence-corrected chi connectivity index (χ1v) is 10.4. The van der Waals surface area contributed by atoms with E-state index in [0.29, 0.717) is 5.02 Å². The molecule has 6 nitrogen and oxygen atoms in total. The molecule has 0 aliphatic heterocycles. The lowest BCUT2D eigenvalue weighted by Crippen LogP contribution is -2.56. The fourth-order valence-corrected chi connectivity index (χ4v) is 4.59. The van der Waals surface area contributed by atoms with Gasteiger partial charge in [-0.15, -0.1) is 0 Å². The van der Waals surface area contributed by atoms with Crippen molar-refractivity contribution >= 4 is 33.2 Å². The topological polar surface area (TPSA) is 99.1 Å². The van der Waals surface area contributed by atoms with E-state index in [0.717, 1.165) is 44.8 Å². The van der Waals surface area contributed by atoms with Crippen LogP contribution in [-0.2, 0) is 10.0 Å². The minimum atomic E-state index is -3.53. The van der Waals surface area contributed by atoms with Gasteiger partial charge in [0.1, 0.15) is 0 Å². The van der Waals surface area contributed by atoms with Gasteiger partial charge in [-0.2, -0.15) is 5.26 Å². The van der Waals surface area contributed by atoms with E-state index in [1.807, 2.05) is 0 Å². The Morgan fingerprint density at radius 3 is 2.32 bits per heavy atom. The Labute approximate surface area is 152 Å². The van der Waals surface area contributed by atoms with Crippen LogP contribution >= 0.6 is 11.6 Å². The summed E-state index contributed by atoms with van der Waals surface area (Å²) in [6.45, 7) is 0. The Morgan fingerprint density at radius 2 is 1.80 bits per heavy atom. The number of rotatable bonds is 4. The number of nitrogens with one attached hydrogen (secondary N) is 2. The van der Waals surface area contributed by atoms with E-state index in [-0.39, 0.29) is 28.1 Å². The largest absolute Gasteiger partial charge is 0.347 e. The molecule has 3 aliphatic rings. The van der Waals surface area contributed by atoms with E-state index >= 15 is 0 Å². The van der Waals surface area contributed by atoms with Gasteiger partial charge in [0.05, 0.1) is 29.0 Å². The predicted molar refractivity (Wildman–Crippen MR) is 95.9 cm³/mol. The van der Waals surface area contributed by atoms with Gasteiger partial charge in [-0.05, 0) is 56.7 Å². The van der Waals surface area contributed by atoms with Crippen molar-refractivity contribution in [1.82, 2.24) is 5.32 Å². The molecule has 0 aromatic heterocycles. The molecule has 2 N–H and O–H groups in total. The number of fused-ring (bicyclic) bond motifs is 3. The van der Waals surface area contributed by atoms with Crippen molar-refractivity contribution in [3.8, 4) is 6.07 Å². The zero-order valence-corrected chi connectivity index (χ0v) is 15.5. The molecule has 25 heavy (non-hydrogen) atoms. The lowest BCUT2D eigenvalue weighted by Gasteiger charge is -2.50. The third-order valence-electron chi connectivity index (χ3n) is 5.38. The first-order chi connectivity index (χ1) is 11.7. The summed E-state index contributed by atoms with van der Waals surface area (Å²) < 4.78 is 25.5. The molecule has 4 rings (SSSR count). The van der Waals surface area contributed by atoms with Crippen molar-refractivity contribution in [3.05, 3.63) is 28.8 Å². The quantitative estimate of drug-likeness (QED) is 0.837. The summed E-state index contributed by atoms with van der Waals surface area (Å²) in [6.07, 6.45) is 5.72. The summed E-state index contributed by atoms with van der Waals surface area (Å²) >= 11 is 5.94. The normalized spacial score (nSPS) is 28.2. The third-order valence-corrected chi connectivity index (χ3v) is 6.21. The molecule has 1 amide bonds. The first-order valence-electron chi connectivity index (χ1n) is 8.17. The second kappa shape index (κ2) is 6.19. The maximum atomic E-state index is 12.8. The molecule has 3 fully saturated rings. The molecule has 8 heteroatoms. The molecule has 1 aromatic rings. The maximum Gasteiger partial charge on any atom is 0.253 e. The van der Waals surface area contributed by atoms with Crippen LogP contribution in [0.4, 0.5) is 5.69 Å². The molecule has 0 spiro atoms. The summed E-state index contributed by atoms with van der Waals surface area (Å²) in [7, 11) is -3.53. The average Bonchev–Trinajstić information content (AvgIpc) is 2.55. The SMILES string of the molecule is CS(=O)(=O)Nc1cc(Cl)ccc1C(=O)NC12CCC(C#N)(CC1)CC2. The smallest absolute Gasteiger partial charge is 0.253 e. The van der Waals surface area contributed by atoms with Gasteiger partial charge in [0, 0.05) is 10.6 Å². The monoisotopic (exact) mass is 381 g/mol. The van der Waals surface area contributed by atoms with Crippen molar-refractivity contribution in [3.63, 3.8) is 0 Å². The highest BCUT2D eigenvalue weighted by molar-refractivity contribution is 7.92. The molecule has 0 radical (unpaired) electrons. The highest BCUT2D eigenvalue weighted by Crippen LogP contribution is 2.52. The number of sulfonamides is 1. The zero-order valence-electron chi connectivity index (χ0n) is 13.9. The van der Waals surface area contributed by atoms with E-state index in [1.165, 1.54) is 12.1 Å². The molecular weight excluding hydrogens is 362 g/mol. The molecule has 0 atom stereocenters. The van der Waals surface area contributed by atoms with Crippen LogP contribution in [0.25, 0.3) is 0 Å². The number of halogens is 1. The lowest BCUT2D eigenvalue weighted by molar-refractivity contribution is 0.0522. The number of carbonyl (C=O) groups excluding carboxylic acids is 1. The number of amides is 1. The molecule has 0 saturated heterocycles. The Hall–Kier alpha value is -1.78. The summed E-state index contributed by atoms with van der Waals surface area (Å²) in [6, 6.07) is 6.95. The zero-order chi connectivity index (χ0) is 18.3. The summed E-state index contributed by atoms with van der Waals surface area (Å²) in [5.41, 5.74) is -0.123.